The fourth-order valence-electron chi connectivity index (χ4n) is 2.71. The molecule has 6 heteroatoms. The molecule has 0 radical (unpaired) electrons. The zero-order chi connectivity index (χ0) is 18.7. The minimum absolute atomic E-state index is 0.0131. The molecule has 1 aliphatic carbocycles. The van der Waals surface area contributed by atoms with Crippen molar-refractivity contribution in [1.82, 2.24) is 0 Å². The van der Waals surface area contributed by atoms with Gasteiger partial charge in [-0.25, -0.2) is 4.79 Å². The van der Waals surface area contributed by atoms with E-state index in [1.165, 1.54) is 7.11 Å². The molecule has 0 bridgehead atoms. The molecule has 2 atom stereocenters. The maximum atomic E-state index is 12.5. The molecule has 3 rings (SSSR count). The van der Waals surface area contributed by atoms with Crippen LogP contribution in [-0.2, 0) is 9.53 Å². The molecular weight excluding hydrogens is 332 g/mol. The summed E-state index contributed by atoms with van der Waals surface area (Å²) in [5.74, 6) is -0.332. The predicted molar refractivity (Wildman–Crippen MR) is 98.1 cm³/mol. The number of amides is 2. The van der Waals surface area contributed by atoms with E-state index in [1.807, 2.05) is 6.92 Å². The van der Waals surface area contributed by atoms with Gasteiger partial charge in [-0.3, -0.25) is 9.59 Å². The van der Waals surface area contributed by atoms with Crippen LogP contribution in [0.15, 0.2) is 48.5 Å². The van der Waals surface area contributed by atoms with Crippen molar-refractivity contribution in [2.24, 2.45) is 11.8 Å². The van der Waals surface area contributed by atoms with E-state index in [0.717, 1.165) is 6.42 Å². The smallest absolute Gasteiger partial charge is 0.337 e. The highest BCUT2D eigenvalue weighted by molar-refractivity contribution is 6.06. The number of carbonyl (C=O) groups is 3. The topological polar surface area (TPSA) is 84.5 Å². The largest absolute Gasteiger partial charge is 0.465 e. The van der Waals surface area contributed by atoms with Gasteiger partial charge < -0.3 is 15.4 Å². The average Bonchev–Trinajstić information content (AvgIpc) is 3.38. The number of ether oxygens (including phenoxy) is 1. The summed E-state index contributed by atoms with van der Waals surface area (Å²) in [5, 5.41) is 5.59. The Labute approximate surface area is 151 Å². The van der Waals surface area contributed by atoms with E-state index in [4.69, 9.17) is 0 Å². The Morgan fingerprint density at radius 1 is 0.962 bits per heavy atom. The number of methoxy groups -OCH3 is 1. The molecule has 0 aromatic heterocycles. The van der Waals surface area contributed by atoms with Gasteiger partial charge in [0.15, 0.2) is 0 Å². The van der Waals surface area contributed by atoms with Gasteiger partial charge in [0, 0.05) is 22.9 Å². The van der Waals surface area contributed by atoms with Crippen LogP contribution >= 0.6 is 0 Å². The number of esters is 1. The third kappa shape index (κ3) is 4.08. The number of carbonyl (C=O) groups excluding carboxylic acids is 3. The highest BCUT2D eigenvalue weighted by Gasteiger charge is 2.39. The summed E-state index contributed by atoms with van der Waals surface area (Å²) in [6.45, 7) is 2.04. The van der Waals surface area contributed by atoms with Gasteiger partial charge in [-0.05, 0) is 48.7 Å². The first-order chi connectivity index (χ1) is 12.5. The van der Waals surface area contributed by atoms with Crippen molar-refractivity contribution in [2.45, 2.75) is 13.3 Å². The van der Waals surface area contributed by atoms with E-state index in [1.54, 1.807) is 48.5 Å². The lowest BCUT2D eigenvalue weighted by Gasteiger charge is -2.09. The van der Waals surface area contributed by atoms with Crippen LogP contribution in [0.25, 0.3) is 0 Å². The summed E-state index contributed by atoms with van der Waals surface area (Å²) in [4.78, 5) is 36.1. The summed E-state index contributed by atoms with van der Waals surface area (Å²) in [7, 11) is 1.30. The maximum Gasteiger partial charge on any atom is 0.337 e. The summed E-state index contributed by atoms with van der Waals surface area (Å²) in [6, 6.07) is 13.3. The molecular formula is C20H20N2O4. The predicted octanol–water partition coefficient (Wildman–Crippen LogP) is 3.32. The fraction of sp³-hybridized carbons (Fsp3) is 0.250. The van der Waals surface area contributed by atoms with E-state index >= 15 is 0 Å². The number of rotatable bonds is 5. The van der Waals surface area contributed by atoms with Gasteiger partial charge in [-0.1, -0.05) is 19.1 Å². The molecule has 0 spiro atoms. The molecule has 134 valence electrons. The fourth-order valence-corrected chi connectivity index (χ4v) is 2.71. The number of nitrogens with one attached hydrogen (secondary N) is 2. The monoisotopic (exact) mass is 352 g/mol. The first-order valence-corrected chi connectivity index (χ1v) is 8.38. The first kappa shape index (κ1) is 17.7. The highest BCUT2D eigenvalue weighted by atomic mass is 16.5. The van der Waals surface area contributed by atoms with Crippen molar-refractivity contribution in [3.63, 3.8) is 0 Å². The van der Waals surface area contributed by atoms with Crippen molar-refractivity contribution in [1.29, 1.82) is 0 Å². The lowest BCUT2D eigenvalue weighted by Crippen LogP contribution is -2.16. The van der Waals surface area contributed by atoms with Crippen LogP contribution in [0.3, 0.4) is 0 Å². The average molecular weight is 352 g/mol. The third-order valence-corrected chi connectivity index (χ3v) is 4.38. The zero-order valence-corrected chi connectivity index (χ0v) is 14.6. The van der Waals surface area contributed by atoms with E-state index in [2.05, 4.69) is 15.4 Å². The highest BCUT2D eigenvalue weighted by Crippen LogP contribution is 2.38. The minimum Gasteiger partial charge on any atom is -0.465 e. The second kappa shape index (κ2) is 7.39. The number of hydrogen-bond donors (Lipinski definition) is 2. The normalized spacial score (nSPS) is 17.9. The third-order valence-electron chi connectivity index (χ3n) is 4.38. The van der Waals surface area contributed by atoms with Crippen LogP contribution in [0.2, 0.25) is 0 Å². The van der Waals surface area contributed by atoms with E-state index < -0.39 is 5.97 Å². The van der Waals surface area contributed by atoms with E-state index in [0.29, 0.717) is 28.4 Å². The first-order valence-electron chi connectivity index (χ1n) is 8.38. The Morgan fingerprint density at radius 3 is 2.15 bits per heavy atom. The summed E-state index contributed by atoms with van der Waals surface area (Å²) in [6.07, 6.45) is 0.905. The van der Waals surface area contributed by atoms with Crippen molar-refractivity contribution < 1.29 is 19.1 Å². The number of hydrogen-bond acceptors (Lipinski definition) is 4. The van der Waals surface area contributed by atoms with Crippen LogP contribution < -0.4 is 10.6 Å². The molecule has 1 aliphatic rings. The summed E-state index contributed by atoms with van der Waals surface area (Å²) in [5.41, 5.74) is 1.84. The SMILES string of the molecule is COC(=O)c1cccc(NC(=O)c2cccc(NC(=O)[C@H]3C[C@H]3C)c2)c1. The standard InChI is InChI=1S/C20H20N2O4/c1-12-9-17(12)19(24)22-15-7-3-5-13(10-15)18(23)21-16-8-4-6-14(11-16)20(25)26-2/h3-8,10-12,17H,9H2,1-2H3,(H,21,23)(H,22,24)/t12-,17+/m1/s1. The van der Waals surface area contributed by atoms with Crippen molar-refractivity contribution >= 4 is 29.2 Å². The van der Waals surface area contributed by atoms with Crippen LogP contribution in [0.1, 0.15) is 34.1 Å². The maximum absolute atomic E-state index is 12.5. The van der Waals surface area contributed by atoms with Gasteiger partial charge in [0.25, 0.3) is 5.91 Å². The molecule has 0 unspecified atom stereocenters. The van der Waals surface area contributed by atoms with Gasteiger partial charge in [-0.15, -0.1) is 0 Å². The second-order valence-corrected chi connectivity index (χ2v) is 6.42. The quantitative estimate of drug-likeness (QED) is 0.809. The van der Waals surface area contributed by atoms with Crippen LogP contribution in [0.5, 0.6) is 0 Å². The lowest BCUT2D eigenvalue weighted by atomic mass is 10.1. The van der Waals surface area contributed by atoms with Gasteiger partial charge in [0.2, 0.25) is 5.91 Å². The van der Waals surface area contributed by atoms with Crippen LogP contribution in [-0.4, -0.2) is 24.9 Å². The Morgan fingerprint density at radius 2 is 1.54 bits per heavy atom. The Balaban J connectivity index is 1.69. The van der Waals surface area contributed by atoms with E-state index in [9.17, 15) is 14.4 Å². The molecule has 2 N–H and O–H groups in total. The number of benzene rings is 2. The Hall–Kier alpha value is -3.15. The van der Waals surface area contributed by atoms with Crippen molar-refractivity contribution in [3.8, 4) is 0 Å². The van der Waals surface area contributed by atoms with Gasteiger partial charge in [-0.2, -0.15) is 0 Å². The van der Waals surface area contributed by atoms with Gasteiger partial charge in [0.05, 0.1) is 12.7 Å². The molecule has 1 fully saturated rings. The second-order valence-electron chi connectivity index (χ2n) is 6.42. The Kier molecular flexibility index (Phi) is 5.02. The lowest BCUT2D eigenvalue weighted by molar-refractivity contribution is -0.117. The molecule has 0 aliphatic heterocycles. The number of anilines is 2. The van der Waals surface area contributed by atoms with Crippen molar-refractivity contribution in [3.05, 3.63) is 59.7 Å². The molecule has 26 heavy (non-hydrogen) atoms. The van der Waals surface area contributed by atoms with E-state index in [-0.39, 0.29) is 17.7 Å². The molecule has 0 saturated heterocycles. The van der Waals surface area contributed by atoms with Gasteiger partial charge in [0.1, 0.15) is 0 Å². The molecule has 0 heterocycles. The van der Waals surface area contributed by atoms with Crippen LogP contribution in [0, 0.1) is 11.8 Å². The Bertz CT molecular complexity index is 862. The molecule has 2 aromatic carbocycles. The van der Waals surface area contributed by atoms with Crippen LogP contribution in [0.4, 0.5) is 11.4 Å². The summed E-state index contributed by atoms with van der Waals surface area (Å²) < 4.78 is 4.67. The van der Waals surface area contributed by atoms with Crippen molar-refractivity contribution in [2.75, 3.05) is 17.7 Å². The van der Waals surface area contributed by atoms with Gasteiger partial charge >= 0.3 is 5.97 Å². The zero-order valence-electron chi connectivity index (χ0n) is 14.6. The molecule has 2 amide bonds. The molecule has 1 saturated carbocycles. The molecule has 2 aromatic rings. The minimum atomic E-state index is -0.472. The summed E-state index contributed by atoms with van der Waals surface area (Å²) >= 11 is 0. The molecule has 6 nitrogen and oxygen atoms in total.